The summed E-state index contributed by atoms with van der Waals surface area (Å²) in [5, 5.41) is 28.5. The molecule has 0 aliphatic rings. The fourth-order valence-corrected chi connectivity index (χ4v) is 6.41. The molecule has 4 aromatic heterocycles. The van der Waals surface area contributed by atoms with E-state index in [1.165, 1.54) is 0 Å². The first kappa shape index (κ1) is 41.2. The second-order valence-corrected chi connectivity index (χ2v) is 14.6. The fourth-order valence-electron chi connectivity index (χ4n) is 6.41. The van der Waals surface area contributed by atoms with Crippen LogP contribution < -0.4 is 10.6 Å². The van der Waals surface area contributed by atoms with Crippen LogP contribution >= 0.6 is 0 Å². The molecule has 2 amide bonds. The maximum atomic E-state index is 12.9. The summed E-state index contributed by atoms with van der Waals surface area (Å²) in [6.07, 6.45) is -1.52. The summed E-state index contributed by atoms with van der Waals surface area (Å²) in [5.74, 6) is 1.57. The van der Waals surface area contributed by atoms with Crippen molar-refractivity contribution in [1.29, 1.82) is 0 Å². The van der Waals surface area contributed by atoms with E-state index >= 15 is 0 Å². The number of amides is 2. The summed E-state index contributed by atoms with van der Waals surface area (Å²) in [6, 6.07) is 15.0. The van der Waals surface area contributed by atoms with Gasteiger partial charge >= 0.3 is 12.2 Å². The Balaban J connectivity index is 1.05. The zero-order valence-electron chi connectivity index (χ0n) is 33.1. The quantitative estimate of drug-likeness (QED) is 0.0749. The summed E-state index contributed by atoms with van der Waals surface area (Å²) in [5.41, 5.74) is 1.41. The molecule has 0 unspecified atom stereocenters. The van der Waals surface area contributed by atoms with Crippen LogP contribution in [0.2, 0.25) is 0 Å². The topological polar surface area (TPSA) is 206 Å². The van der Waals surface area contributed by atoms with E-state index < -0.39 is 23.4 Å². The van der Waals surface area contributed by atoms with Gasteiger partial charge in [0.05, 0.1) is 59.6 Å². The Bertz CT molecular complexity index is 2200. The van der Waals surface area contributed by atoms with Gasteiger partial charge in [0, 0.05) is 24.0 Å². The lowest BCUT2D eigenvalue weighted by Gasteiger charge is -2.20. The minimum atomic E-state index is -1.06. The first-order valence-electron chi connectivity index (χ1n) is 18.9. The van der Waals surface area contributed by atoms with Crippen LogP contribution in [0.3, 0.4) is 0 Å². The second-order valence-electron chi connectivity index (χ2n) is 14.6. The smallest absolute Gasteiger partial charge is 0.412 e. The molecule has 0 fully saturated rings. The summed E-state index contributed by atoms with van der Waals surface area (Å²) in [4.78, 5) is 44.7. The van der Waals surface area contributed by atoms with Crippen LogP contribution in [-0.2, 0) is 50.0 Å². The summed E-state index contributed by atoms with van der Waals surface area (Å²) in [7, 11) is 0. The number of fused-ring (bicyclic) bond motifs is 6. The number of nitrogens with zero attached hydrogens (tertiary/aromatic N) is 6. The molecule has 17 heteroatoms. The predicted octanol–water partition coefficient (Wildman–Crippen LogP) is 5.91. The van der Waals surface area contributed by atoms with E-state index in [4.69, 9.17) is 33.7 Å². The molecule has 4 heterocycles. The Labute approximate surface area is 329 Å². The second kappa shape index (κ2) is 17.8. The van der Waals surface area contributed by atoms with Gasteiger partial charge in [0.15, 0.2) is 11.6 Å². The lowest BCUT2D eigenvalue weighted by atomic mass is 10.1. The van der Waals surface area contributed by atoms with Crippen molar-refractivity contribution in [2.24, 2.45) is 0 Å². The van der Waals surface area contributed by atoms with Crippen molar-refractivity contribution in [2.75, 3.05) is 50.3 Å². The van der Waals surface area contributed by atoms with Gasteiger partial charge in [-0.05, 0) is 53.7 Å². The third-order valence-electron chi connectivity index (χ3n) is 8.65. The molecule has 0 bridgehead atoms. The molecule has 2 aromatic carbocycles. The highest BCUT2D eigenvalue weighted by atomic mass is 16.6. The van der Waals surface area contributed by atoms with Crippen molar-refractivity contribution in [1.82, 2.24) is 29.1 Å². The lowest BCUT2D eigenvalue weighted by molar-refractivity contribution is 0.0511. The maximum absolute atomic E-state index is 12.9. The normalized spacial score (nSPS) is 12.2. The average Bonchev–Trinajstić information content (AvgIpc) is 3.69. The van der Waals surface area contributed by atoms with Crippen molar-refractivity contribution in [3.05, 3.63) is 60.2 Å². The van der Waals surface area contributed by atoms with Gasteiger partial charge in [-0.2, -0.15) is 0 Å². The van der Waals surface area contributed by atoms with Crippen LogP contribution in [0.25, 0.3) is 43.9 Å². The Hall–Kier alpha value is -5.46. The van der Waals surface area contributed by atoms with E-state index in [1.54, 1.807) is 27.7 Å². The molecule has 0 saturated heterocycles. The number of nitrogens with one attached hydrogen (secondary N) is 2. The van der Waals surface area contributed by atoms with Gasteiger partial charge in [-0.1, -0.05) is 36.4 Å². The van der Waals surface area contributed by atoms with E-state index in [9.17, 15) is 19.8 Å². The number of aliphatic hydroxyl groups is 2. The molecular formula is C40H50N8O9. The number of imidazole rings is 2. The molecule has 17 nitrogen and oxygen atoms in total. The number of aromatic nitrogens is 6. The summed E-state index contributed by atoms with van der Waals surface area (Å²) >= 11 is 0. The number of benzene rings is 2. The number of rotatable bonds is 18. The van der Waals surface area contributed by atoms with Crippen molar-refractivity contribution in [3.63, 3.8) is 0 Å². The number of anilines is 2. The zero-order chi connectivity index (χ0) is 40.7. The van der Waals surface area contributed by atoms with Gasteiger partial charge in [0.25, 0.3) is 0 Å². The molecular weight excluding hydrogens is 736 g/mol. The van der Waals surface area contributed by atoms with Crippen LogP contribution in [-0.4, -0.2) is 102 Å². The largest absolute Gasteiger partial charge is 0.447 e. The Morgan fingerprint density at radius 2 is 1.02 bits per heavy atom. The van der Waals surface area contributed by atoms with Crippen LogP contribution in [0.1, 0.15) is 53.2 Å². The molecule has 0 spiro atoms. The molecule has 0 radical (unpaired) electrons. The number of para-hydroxylation sites is 2. The van der Waals surface area contributed by atoms with Crippen molar-refractivity contribution >= 4 is 67.7 Å². The van der Waals surface area contributed by atoms with E-state index in [1.807, 2.05) is 71.5 Å². The fraction of sp³-hybridized carbons (Fsp3) is 0.450. The van der Waals surface area contributed by atoms with Crippen LogP contribution in [0.5, 0.6) is 0 Å². The van der Waals surface area contributed by atoms with E-state index in [0.29, 0.717) is 58.0 Å². The zero-order valence-corrected chi connectivity index (χ0v) is 33.1. The summed E-state index contributed by atoms with van der Waals surface area (Å²) in [6.45, 7) is 12.4. The number of hydrogen-bond donors (Lipinski definition) is 4. The van der Waals surface area contributed by atoms with E-state index in [0.717, 1.165) is 10.8 Å². The Morgan fingerprint density at radius 3 is 1.40 bits per heavy atom. The highest BCUT2D eigenvalue weighted by molar-refractivity contribution is 6.10. The Kier molecular flexibility index (Phi) is 12.8. The minimum absolute atomic E-state index is 0.0335. The number of ether oxygens (including phenoxy) is 5. The standard InChI is InChI=1S/C40H50N8O9/c1-7-53-21-29-43-31-33(47(29)23-39(3,4)51)25-13-9-11-15-27(25)41-35(31)45-37(49)56-19-17-55-18-20-57-38(50)46-36-32-34(26-14-10-12-16-28(26)42-36)48(24-40(5,6)52)30(44-32)22-54-8-2/h9-16,51-52H,7-8,17-24H2,1-6H3,(H,41,45,49)(H,42,46,50). The third kappa shape index (κ3) is 10.1. The van der Waals surface area contributed by atoms with Crippen LogP contribution in [0.15, 0.2) is 48.5 Å². The van der Waals surface area contributed by atoms with Gasteiger partial charge < -0.3 is 43.0 Å². The summed E-state index contributed by atoms with van der Waals surface area (Å²) < 4.78 is 31.4. The molecule has 0 aliphatic heterocycles. The van der Waals surface area contributed by atoms with Crippen LogP contribution in [0, 0.1) is 0 Å². The van der Waals surface area contributed by atoms with Crippen molar-refractivity contribution < 1.29 is 43.5 Å². The SMILES string of the molecule is CCOCc1nc2c(NC(=O)OCCOCCOC(=O)Nc3nc4ccccc4c4c3nc(COCC)n4CC(C)(C)O)nc3ccccc3c2n1CC(C)(C)O. The first-order valence-corrected chi connectivity index (χ1v) is 18.9. The highest BCUT2D eigenvalue weighted by Gasteiger charge is 2.26. The van der Waals surface area contributed by atoms with E-state index in [-0.39, 0.29) is 64.4 Å². The van der Waals surface area contributed by atoms with E-state index in [2.05, 4.69) is 20.6 Å². The number of carbonyl (C=O) groups is 2. The number of carbonyl (C=O) groups excluding carboxylic acids is 2. The number of pyridine rings is 2. The molecule has 0 saturated carbocycles. The van der Waals surface area contributed by atoms with Crippen molar-refractivity contribution in [3.8, 4) is 0 Å². The molecule has 304 valence electrons. The average molecular weight is 787 g/mol. The lowest BCUT2D eigenvalue weighted by Crippen LogP contribution is -2.27. The molecule has 57 heavy (non-hydrogen) atoms. The van der Waals surface area contributed by atoms with Gasteiger partial charge in [0.2, 0.25) is 0 Å². The van der Waals surface area contributed by atoms with Gasteiger partial charge in [-0.15, -0.1) is 0 Å². The van der Waals surface area contributed by atoms with Crippen molar-refractivity contribution in [2.45, 2.75) is 79.0 Å². The highest BCUT2D eigenvalue weighted by Crippen LogP contribution is 2.33. The predicted molar refractivity (Wildman–Crippen MR) is 214 cm³/mol. The minimum Gasteiger partial charge on any atom is -0.447 e. The molecule has 6 aromatic rings. The molecule has 4 N–H and O–H groups in total. The van der Waals surface area contributed by atoms with Gasteiger partial charge in [-0.3, -0.25) is 10.6 Å². The monoisotopic (exact) mass is 786 g/mol. The first-order chi connectivity index (χ1) is 27.3. The van der Waals surface area contributed by atoms with Gasteiger partial charge in [0.1, 0.15) is 49.1 Å². The third-order valence-corrected chi connectivity index (χ3v) is 8.65. The maximum Gasteiger partial charge on any atom is 0.412 e. The van der Waals surface area contributed by atoms with Gasteiger partial charge in [-0.25, -0.2) is 29.5 Å². The molecule has 0 aliphatic carbocycles. The number of hydrogen-bond acceptors (Lipinski definition) is 13. The molecule has 0 atom stereocenters. The Morgan fingerprint density at radius 1 is 0.614 bits per heavy atom. The van der Waals surface area contributed by atoms with Crippen LogP contribution in [0.4, 0.5) is 21.2 Å². The molecule has 6 rings (SSSR count).